The van der Waals surface area contributed by atoms with E-state index in [1.165, 1.54) is 34.8 Å². The maximum atomic E-state index is 12.5. The highest BCUT2D eigenvalue weighted by atomic mass is 32.2. The van der Waals surface area contributed by atoms with Gasteiger partial charge in [0.25, 0.3) is 5.56 Å². The SMILES string of the molecule is COc1ccc(C(=O)CSc2nc3sccc3c(=O)n2C)cc1OC. The second-order valence-corrected chi connectivity index (χ2v) is 7.02. The molecule has 130 valence electrons. The van der Waals surface area contributed by atoms with Gasteiger partial charge in [-0.25, -0.2) is 4.98 Å². The van der Waals surface area contributed by atoms with Gasteiger partial charge in [0.2, 0.25) is 0 Å². The summed E-state index contributed by atoms with van der Waals surface area (Å²) < 4.78 is 11.9. The van der Waals surface area contributed by atoms with Crippen molar-refractivity contribution in [3.63, 3.8) is 0 Å². The molecule has 0 aliphatic carbocycles. The maximum Gasteiger partial charge on any atom is 0.262 e. The van der Waals surface area contributed by atoms with Gasteiger partial charge in [0.1, 0.15) is 4.83 Å². The number of rotatable bonds is 6. The van der Waals surface area contributed by atoms with Crippen molar-refractivity contribution in [3.05, 3.63) is 45.6 Å². The first-order chi connectivity index (χ1) is 12.0. The Labute approximate surface area is 152 Å². The number of carbonyl (C=O) groups is 1. The molecule has 1 aromatic carbocycles. The van der Waals surface area contributed by atoms with Crippen LogP contribution in [0.4, 0.5) is 0 Å². The molecular formula is C17H16N2O4S2. The van der Waals surface area contributed by atoms with Crippen LogP contribution in [0.15, 0.2) is 39.6 Å². The van der Waals surface area contributed by atoms with E-state index in [0.29, 0.717) is 32.4 Å². The highest BCUT2D eigenvalue weighted by Crippen LogP contribution is 2.28. The lowest BCUT2D eigenvalue weighted by Crippen LogP contribution is -2.19. The average molecular weight is 376 g/mol. The number of thioether (sulfide) groups is 1. The van der Waals surface area contributed by atoms with Crippen LogP contribution >= 0.6 is 23.1 Å². The Hall–Kier alpha value is -2.32. The molecule has 0 spiro atoms. The first-order valence-electron chi connectivity index (χ1n) is 7.37. The maximum absolute atomic E-state index is 12.5. The fourth-order valence-electron chi connectivity index (χ4n) is 2.33. The molecule has 6 nitrogen and oxygen atoms in total. The van der Waals surface area contributed by atoms with Gasteiger partial charge < -0.3 is 9.47 Å². The summed E-state index contributed by atoms with van der Waals surface area (Å²) in [6.07, 6.45) is 0. The van der Waals surface area contributed by atoms with Crippen molar-refractivity contribution < 1.29 is 14.3 Å². The van der Waals surface area contributed by atoms with Crippen LogP contribution < -0.4 is 15.0 Å². The summed E-state index contributed by atoms with van der Waals surface area (Å²) in [4.78, 5) is 29.9. The minimum atomic E-state index is -0.104. The quantitative estimate of drug-likeness (QED) is 0.374. The molecule has 0 radical (unpaired) electrons. The number of ether oxygens (including phenoxy) is 2. The van der Waals surface area contributed by atoms with Crippen molar-refractivity contribution in [2.24, 2.45) is 7.05 Å². The van der Waals surface area contributed by atoms with E-state index < -0.39 is 0 Å². The number of methoxy groups -OCH3 is 2. The third-order valence-electron chi connectivity index (χ3n) is 3.70. The number of carbonyl (C=O) groups excluding carboxylic acids is 1. The molecule has 25 heavy (non-hydrogen) atoms. The van der Waals surface area contributed by atoms with Crippen molar-refractivity contribution in [3.8, 4) is 11.5 Å². The molecule has 3 aromatic rings. The lowest BCUT2D eigenvalue weighted by molar-refractivity contribution is 0.102. The molecule has 3 rings (SSSR count). The zero-order valence-electron chi connectivity index (χ0n) is 13.9. The Balaban J connectivity index is 1.81. The van der Waals surface area contributed by atoms with Crippen LogP contribution in [0.2, 0.25) is 0 Å². The monoisotopic (exact) mass is 376 g/mol. The van der Waals surface area contributed by atoms with E-state index in [-0.39, 0.29) is 17.1 Å². The van der Waals surface area contributed by atoms with Crippen molar-refractivity contribution >= 4 is 39.1 Å². The van der Waals surface area contributed by atoms with Crippen LogP contribution in [0, 0.1) is 0 Å². The van der Waals surface area contributed by atoms with Gasteiger partial charge >= 0.3 is 0 Å². The van der Waals surface area contributed by atoms with E-state index in [1.54, 1.807) is 38.4 Å². The Morgan fingerprint density at radius 3 is 2.72 bits per heavy atom. The van der Waals surface area contributed by atoms with Crippen molar-refractivity contribution in [2.75, 3.05) is 20.0 Å². The molecule has 2 heterocycles. The second-order valence-electron chi connectivity index (χ2n) is 5.18. The molecule has 0 unspecified atom stereocenters. The minimum absolute atomic E-state index is 0.0773. The van der Waals surface area contributed by atoms with Crippen LogP contribution in [-0.4, -0.2) is 35.3 Å². The number of benzene rings is 1. The molecule has 8 heteroatoms. The molecular weight excluding hydrogens is 360 g/mol. The predicted molar refractivity (Wildman–Crippen MR) is 99.5 cm³/mol. The van der Waals surface area contributed by atoms with E-state index in [9.17, 15) is 9.59 Å². The number of fused-ring (bicyclic) bond motifs is 1. The van der Waals surface area contributed by atoms with Crippen molar-refractivity contribution in [1.29, 1.82) is 0 Å². The molecule has 2 aromatic heterocycles. The standard InChI is InChI=1S/C17H16N2O4S2/c1-19-16(21)11-6-7-24-15(11)18-17(19)25-9-12(20)10-4-5-13(22-2)14(8-10)23-3/h4-8H,9H2,1-3H3. The molecule has 0 saturated carbocycles. The smallest absolute Gasteiger partial charge is 0.262 e. The summed E-state index contributed by atoms with van der Waals surface area (Å²) >= 11 is 2.65. The largest absolute Gasteiger partial charge is 0.493 e. The summed E-state index contributed by atoms with van der Waals surface area (Å²) in [6.45, 7) is 0. The van der Waals surface area contributed by atoms with Gasteiger partial charge in [-0.15, -0.1) is 11.3 Å². The Bertz CT molecular complexity index is 994. The molecule has 0 amide bonds. The molecule has 0 N–H and O–H groups in total. The second kappa shape index (κ2) is 7.28. The van der Waals surface area contributed by atoms with E-state index in [1.807, 2.05) is 5.38 Å². The topological polar surface area (TPSA) is 70.4 Å². The lowest BCUT2D eigenvalue weighted by atomic mass is 10.1. The van der Waals surface area contributed by atoms with Crippen molar-refractivity contribution in [2.45, 2.75) is 5.16 Å². The highest BCUT2D eigenvalue weighted by molar-refractivity contribution is 7.99. The number of nitrogens with zero attached hydrogens (tertiary/aromatic N) is 2. The number of aromatic nitrogens is 2. The van der Waals surface area contributed by atoms with Gasteiger partial charge in [-0.2, -0.15) is 0 Å². The summed E-state index contributed by atoms with van der Waals surface area (Å²) in [6, 6.07) is 6.80. The predicted octanol–water partition coefficient (Wildman–Crippen LogP) is 2.99. The average Bonchev–Trinajstić information content (AvgIpc) is 3.11. The first-order valence-corrected chi connectivity index (χ1v) is 9.24. The third-order valence-corrected chi connectivity index (χ3v) is 5.54. The third kappa shape index (κ3) is 3.40. The minimum Gasteiger partial charge on any atom is -0.493 e. The molecule has 0 aliphatic heterocycles. The van der Waals surface area contributed by atoms with Crippen molar-refractivity contribution in [1.82, 2.24) is 9.55 Å². The van der Waals surface area contributed by atoms with Gasteiger partial charge in [0, 0.05) is 12.6 Å². The van der Waals surface area contributed by atoms with E-state index in [2.05, 4.69) is 4.98 Å². The van der Waals surface area contributed by atoms with Crippen LogP contribution in [0.1, 0.15) is 10.4 Å². The Kier molecular flexibility index (Phi) is 5.10. The number of Topliss-reactive ketones (excluding diaryl/α,β-unsaturated/α-hetero) is 1. The normalized spacial score (nSPS) is 10.8. The number of ketones is 1. The fourth-order valence-corrected chi connectivity index (χ4v) is 4.00. The van der Waals surface area contributed by atoms with Crippen LogP contribution in [0.5, 0.6) is 11.5 Å². The number of hydrogen-bond donors (Lipinski definition) is 0. The lowest BCUT2D eigenvalue weighted by Gasteiger charge is -2.09. The number of thiophene rings is 1. The van der Waals surface area contributed by atoms with E-state index in [4.69, 9.17) is 9.47 Å². The van der Waals surface area contributed by atoms with E-state index in [0.717, 1.165) is 0 Å². The molecule has 0 bridgehead atoms. The molecule has 0 atom stereocenters. The molecule has 0 fully saturated rings. The van der Waals surface area contributed by atoms with Gasteiger partial charge in [-0.1, -0.05) is 11.8 Å². The molecule has 0 aliphatic rings. The van der Waals surface area contributed by atoms with Gasteiger partial charge in [0.15, 0.2) is 22.4 Å². The first kappa shape index (κ1) is 17.5. The van der Waals surface area contributed by atoms with Crippen LogP contribution in [-0.2, 0) is 7.05 Å². The van der Waals surface area contributed by atoms with Gasteiger partial charge in [0.05, 0.1) is 25.4 Å². The summed E-state index contributed by atoms with van der Waals surface area (Å²) in [5.41, 5.74) is 0.416. The van der Waals surface area contributed by atoms with Gasteiger partial charge in [-0.05, 0) is 29.6 Å². The Morgan fingerprint density at radius 1 is 1.24 bits per heavy atom. The summed E-state index contributed by atoms with van der Waals surface area (Å²) in [5, 5.41) is 2.96. The highest BCUT2D eigenvalue weighted by Gasteiger charge is 2.14. The summed E-state index contributed by atoms with van der Waals surface area (Å²) in [5.74, 6) is 1.17. The number of hydrogen-bond acceptors (Lipinski definition) is 7. The van der Waals surface area contributed by atoms with Crippen LogP contribution in [0.3, 0.4) is 0 Å². The van der Waals surface area contributed by atoms with Crippen LogP contribution in [0.25, 0.3) is 10.2 Å². The zero-order valence-corrected chi connectivity index (χ0v) is 15.6. The van der Waals surface area contributed by atoms with E-state index >= 15 is 0 Å². The fraction of sp³-hybridized carbons (Fsp3) is 0.235. The summed E-state index contributed by atoms with van der Waals surface area (Å²) in [7, 11) is 4.73. The Morgan fingerprint density at radius 2 is 2.00 bits per heavy atom. The zero-order chi connectivity index (χ0) is 18.0. The van der Waals surface area contributed by atoms with Gasteiger partial charge in [-0.3, -0.25) is 14.2 Å². The molecule has 0 saturated heterocycles.